The van der Waals surface area contributed by atoms with E-state index in [2.05, 4.69) is 16.8 Å². The zero-order valence-electron chi connectivity index (χ0n) is 7.57. The molecule has 0 aliphatic heterocycles. The first-order valence-electron chi connectivity index (χ1n) is 3.77. The molecule has 1 aromatic rings. The summed E-state index contributed by atoms with van der Waals surface area (Å²) in [5.41, 5.74) is 0.757. The fourth-order valence-electron chi connectivity index (χ4n) is 0.825. The summed E-state index contributed by atoms with van der Waals surface area (Å²) >= 11 is 0. The van der Waals surface area contributed by atoms with Crippen LogP contribution in [0.25, 0.3) is 0 Å². The summed E-state index contributed by atoms with van der Waals surface area (Å²) in [4.78, 5) is 6.05. The fraction of sp³-hybridized carbons (Fsp3) is 0.200. The molecule has 1 heterocycles. The van der Waals surface area contributed by atoms with E-state index in [-0.39, 0.29) is 0 Å². The molecular formula is C10H9N3. The van der Waals surface area contributed by atoms with Crippen LogP contribution in [0.15, 0.2) is 18.3 Å². The molecule has 3 nitrogen and oxygen atoms in total. The van der Waals surface area contributed by atoms with Gasteiger partial charge in [-0.05, 0) is 18.1 Å². The monoisotopic (exact) mass is 171 g/mol. The van der Waals surface area contributed by atoms with Gasteiger partial charge in [0.05, 0.1) is 0 Å². The van der Waals surface area contributed by atoms with Crippen LogP contribution < -0.4 is 4.90 Å². The Hall–Kier alpha value is -2.00. The van der Waals surface area contributed by atoms with Gasteiger partial charge in [0.2, 0.25) is 0 Å². The van der Waals surface area contributed by atoms with Crippen LogP contribution in [-0.2, 0) is 0 Å². The molecule has 0 unspecified atom stereocenters. The van der Waals surface area contributed by atoms with E-state index in [9.17, 15) is 0 Å². The predicted molar refractivity (Wildman–Crippen MR) is 51.1 cm³/mol. The maximum Gasteiger partial charge on any atom is 0.152 e. The molecule has 0 aliphatic rings. The smallest absolute Gasteiger partial charge is 0.152 e. The molecule has 3 heteroatoms. The van der Waals surface area contributed by atoms with E-state index in [1.807, 2.05) is 31.1 Å². The van der Waals surface area contributed by atoms with Crippen LogP contribution in [-0.4, -0.2) is 19.1 Å². The summed E-state index contributed by atoms with van der Waals surface area (Å²) in [6.07, 6.45) is 1.65. The van der Waals surface area contributed by atoms with E-state index in [1.54, 1.807) is 12.3 Å². The summed E-state index contributed by atoms with van der Waals surface area (Å²) in [5.74, 6) is 5.86. The molecule has 0 atom stereocenters. The van der Waals surface area contributed by atoms with Crippen molar-refractivity contribution in [3.63, 3.8) is 0 Å². The van der Waals surface area contributed by atoms with Gasteiger partial charge >= 0.3 is 0 Å². The second-order valence-electron chi connectivity index (χ2n) is 2.66. The van der Waals surface area contributed by atoms with Gasteiger partial charge in [-0.25, -0.2) is 4.98 Å². The molecule has 0 aliphatic carbocycles. The summed E-state index contributed by atoms with van der Waals surface area (Å²) in [6, 6.07) is 5.46. The normalized spacial score (nSPS) is 8.08. The molecule has 0 N–H and O–H groups in total. The van der Waals surface area contributed by atoms with E-state index >= 15 is 0 Å². The highest BCUT2D eigenvalue weighted by atomic mass is 15.1. The molecular weight excluding hydrogens is 162 g/mol. The minimum Gasteiger partial charge on any atom is -0.363 e. The van der Waals surface area contributed by atoms with E-state index in [0.29, 0.717) is 0 Å². The lowest BCUT2D eigenvalue weighted by Gasteiger charge is -2.09. The van der Waals surface area contributed by atoms with Gasteiger partial charge < -0.3 is 4.90 Å². The zero-order valence-corrected chi connectivity index (χ0v) is 7.57. The van der Waals surface area contributed by atoms with E-state index in [4.69, 9.17) is 5.26 Å². The third-order valence-corrected chi connectivity index (χ3v) is 1.47. The number of nitriles is 1. The van der Waals surface area contributed by atoms with Crippen molar-refractivity contribution < 1.29 is 0 Å². The molecule has 1 rings (SSSR count). The number of hydrogen-bond donors (Lipinski definition) is 0. The van der Waals surface area contributed by atoms with Crippen LogP contribution in [0, 0.1) is 23.2 Å². The first-order valence-corrected chi connectivity index (χ1v) is 3.77. The second kappa shape index (κ2) is 4.13. The number of rotatable bonds is 1. The van der Waals surface area contributed by atoms with Gasteiger partial charge in [-0.15, -0.1) is 0 Å². The van der Waals surface area contributed by atoms with E-state index in [0.717, 1.165) is 11.4 Å². The standard InChI is InChI=1S/C10H9N3/c1-13(2)10-6-5-9(8-12-10)4-3-7-11/h5-6,8H,1-2H3. The molecule has 0 aromatic carbocycles. The Kier molecular flexibility index (Phi) is 2.89. The number of nitrogens with zero attached hydrogens (tertiary/aromatic N) is 3. The zero-order chi connectivity index (χ0) is 9.68. The van der Waals surface area contributed by atoms with Crippen LogP contribution in [0.2, 0.25) is 0 Å². The van der Waals surface area contributed by atoms with Gasteiger partial charge in [0.1, 0.15) is 5.82 Å². The molecule has 0 saturated carbocycles. The first-order chi connectivity index (χ1) is 6.24. The fourth-order valence-corrected chi connectivity index (χ4v) is 0.825. The average Bonchev–Trinajstić information content (AvgIpc) is 2.15. The Balaban J connectivity index is 2.89. The van der Waals surface area contributed by atoms with Gasteiger partial charge in [-0.1, -0.05) is 0 Å². The lowest BCUT2D eigenvalue weighted by Crippen LogP contribution is -2.10. The Morgan fingerprint density at radius 2 is 2.15 bits per heavy atom. The lowest BCUT2D eigenvalue weighted by molar-refractivity contribution is 1.07. The quantitative estimate of drug-likeness (QED) is 0.592. The number of anilines is 1. The van der Waals surface area contributed by atoms with Gasteiger partial charge in [-0.2, -0.15) is 5.26 Å². The molecule has 0 fully saturated rings. The molecule has 0 bridgehead atoms. The third kappa shape index (κ3) is 2.50. The number of aromatic nitrogens is 1. The first kappa shape index (κ1) is 9.09. The maximum absolute atomic E-state index is 8.22. The van der Waals surface area contributed by atoms with Crippen LogP contribution in [0.4, 0.5) is 5.82 Å². The largest absolute Gasteiger partial charge is 0.363 e. The minimum atomic E-state index is 0.757. The van der Waals surface area contributed by atoms with Crippen molar-refractivity contribution in [2.75, 3.05) is 19.0 Å². The van der Waals surface area contributed by atoms with Crippen LogP contribution in [0.3, 0.4) is 0 Å². The summed E-state index contributed by atoms with van der Waals surface area (Å²) in [7, 11) is 3.84. The minimum absolute atomic E-state index is 0.757. The van der Waals surface area contributed by atoms with Gasteiger partial charge in [0.15, 0.2) is 6.07 Å². The van der Waals surface area contributed by atoms with Crippen LogP contribution in [0.5, 0.6) is 0 Å². The lowest BCUT2D eigenvalue weighted by atomic mass is 10.3. The third-order valence-electron chi connectivity index (χ3n) is 1.47. The highest BCUT2D eigenvalue weighted by Crippen LogP contribution is 2.06. The Bertz CT molecular complexity index is 373. The van der Waals surface area contributed by atoms with Crippen molar-refractivity contribution in [2.45, 2.75) is 0 Å². The van der Waals surface area contributed by atoms with E-state index in [1.165, 1.54) is 0 Å². The highest BCUT2D eigenvalue weighted by Gasteiger charge is 1.94. The summed E-state index contributed by atoms with van der Waals surface area (Å²) in [6.45, 7) is 0. The Labute approximate surface area is 77.6 Å². The van der Waals surface area contributed by atoms with Gasteiger partial charge in [0, 0.05) is 31.8 Å². The topological polar surface area (TPSA) is 39.9 Å². The molecule has 0 saturated heterocycles. The van der Waals surface area contributed by atoms with Crippen molar-refractivity contribution in [2.24, 2.45) is 0 Å². The van der Waals surface area contributed by atoms with Crippen molar-refractivity contribution in [1.82, 2.24) is 4.98 Å². The van der Waals surface area contributed by atoms with Gasteiger partial charge in [0.25, 0.3) is 0 Å². The summed E-state index contributed by atoms with van der Waals surface area (Å²) in [5, 5.41) is 8.22. The molecule has 13 heavy (non-hydrogen) atoms. The number of pyridine rings is 1. The predicted octanol–water partition coefficient (Wildman–Crippen LogP) is 1.02. The maximum atomic E-state index is 8.22. The molecule has 0 spiro atoms. The molecule has 0 amide bonds. The molecule has 1 aromatic heterocycles. The van der Waals surface area contributed by atoms with Gasteiger partial charge in [-0.3, -0.25) is 0 Å². The van der Waals surface area contributed by atoms with Crippen molar-refractivity contribution in [3.05, 3.63) is 23.9 Å². The van der Waals surface area contributed by atoms with E-state index < -0.39 is 0 Å². The van der Waals surface area contributed by atoms with Crippen molar-refractivity contribution >= 4 is 5.82 Å². The summed E-state index contributed by atoms with van der Waals surface area (Å²) < 4.78 is 0. The number of hydrogen-bond acceptors (Lipinski definition) is 3. The van der Waals surface area contributed by atoms with Crippen LogP contribution in [0.1, 0.15) is 5.56 Å². The molecule has 0 radical (unpaired) electrons. The Morgan fingerprint density at radius 3 is 2.62 bits per heavy atom. The van der Waals surface area contributed by atoms with Crippen molar-refractivity contribution in [3.8, 4) is 17.9 Å². The average molecular weight is 171 g/mol. The highest BCUT2D eigenvalue weighted by molar-refractivity contribution is 5.43. The second-order valence-corrected chi connectivity index (χ2v) is 2.66. The van der Waals surface area contributed by atoms with Crippen molar-refractivity contribution in [1.29, 1.82) is 5.26 Å². The molecule has 64 valence electrons. The van der Waals surface area contributed by atoms with Crippen LogP contribution >= 0.6 is 0 Å². The SMILES string of the molecule is CN(C)c1ccc(C#CC#N)cn1. The Morgan fingerprint density at radius 1 is 1.38 bits per heavy atom.